The van der Waals surface area contributed by atoms with Gasteiger partial charge in [0.1, 0.15) is 11.3 Å². The van der Waals surface area contributed by atoms with Crippen LogP contribution in [0.4, 0.5) is 0 Å². The molecule has 0 amide bonds. The summed E-state index contributed by atoms with van der Waals surface area (Å²) >= 11 is 0. The van der Waals surface area contributed by atoms with Crippen LogP contribution in [0.15, 0.2) is 18.2 Å². The zero-order chi connectivity index (χ0) is 12.4. The van der Waals surface area contributed by atoms with Gasteiger partial charge in [0, 0.05) is 0 Å². The lowest BCUT2D eigenvalue weighted by Crippen LogP contribution is -2.33. The van der Waals surface area contributed by atoms with Crippen LogP contribution in [-0.2, 0) is 0 Å². The molecular formula is C11H13N3O3. The molecule has 0 N–H and O–H groups in total. The van der Waals surface area contributed by atoms with Gasteiger partial charge in [0.15, 0.2) is 0 Å². The molecule has 0 saturated carbocycles. The molecule has 0 aliphatic rings. The minimum Gasteiger partial charge on any atom is -0.594 e. The van der Waals surface area contributed by atoms with Crippen LogP contribution in [0.3, 0.4) is 0 Å². The van der Waals surface area contributed by atoms with Crippen molar-refractivity contribution in [3.8, 4) is 11.8 Å². The van der Waals surface area contributed by atoms with E-state index in [4.69, 9.17) is 9.47 Å². The molecular weight excluding hydrogens is 222 g/mol. The van der Waals surface area contributed by atoms with Gasteiger partial charge in [0.05, 0.1) is 24.4 Å². The highest BCUT2D eigenvalue weighted by Crippen LogP contribution is 2.17. The Balaban J connectivity index is 2.51. The minimum absolute atomic E-state index is 0.0765. The van der Waals surface area contributed by atoms with Gasteiger partial charge in [-0.1, -0.05) is 0 Å². The van der Waals surface area contributed by atoms with Crippen molar-refractivity contribution in [3.63, 3.8) is 0 Å². The second-order valence-electron chi connectivity index (χ2n) is 3.79. The summed E-state index contributed by atoms with van der Waals surface area (Å²) in [4.78, 5) is 4.63. The van der Waals surface area contributed by atoms with E-state index in [1.807, 2.05) is 13.8 Å². The zero-order valence-electron chi connectivity index (χ0n) is 9.88. The largest absolute Gasteiger partial charge is 0.594 e. The quantitative estimate of drug-likeness (QED) is 0.587. The van der Waals surface area contributed by atoms with Crippen molar-refractivity contribution in [1.82, 2.24) is 10.1 Å². The Morgan fingerprint density at radius 2 is 2.12 bits per heavy atom. The van der Waals surface area contributed by atoms with E-state index in [1.165, 1.54) is 7.11 Å². The van der Waals surface area contributed by atoms with Crippen LogP contribution in [0.2, 0.25) is 0 Å². The molecule has 6 nitrogen and oxygen atoms in total. The second kappa shape index (κ2) is 4.40. The normalized spacial score (nSPS) is 10.8. The van der Waals surface area contributed by atoms with Crippen LogP contribution in [0.25, 0.3) is 11.0 Å². The monoisotopic (exact) mass is 235 g/mol. The van der Waals surface area contributed by atoms with Crippen molar-refractivity contribution >= 4 is 11.0 Å². The molecule has 17 heavy (non-hydrogen) atoms. The van der Waals surface area contributed by atoms with Gasteiger partial charge in [0.25, 0.3) is 5.52 Å². The zero-order valence-corrected chi connectivity index (χ0v) is 9.88. The summed E-state index contributed by atoms with van der Waals surface area (Å²) in [5.41, 5.74) is 0.868. The highest BCUT2D eigenvalue weighted by atomic mass is 16.5. The average molecular weight is 235 g/mol. The first kappa shape index (κ1) is 11.4. The lowest BCUT2D eigenvalue weighted by molar-refractivity contribution is -0.643. The van der Waals surface area contributed by atoms with Crippen molar-refractivity contribution in [2.45, 2.75) is 20.0 Å². The van der Waals surface area contributed by atoms with Crippen molar-refractivity contribution in [1.29, 1.82) is 0 Å². The van der Waals surface area contributed by atoms with Crippen LogP contribution in [0.1, 0.15) is 13.8 Å². The van der Waals surface area contributed by atoms with Crippen molar-refractivity contribution in [2.24, 2.45) is 0 Å². The van der Waals surface area contributed by atoms with Gasteiger partial charge >= 0.3 is 6.01 Å². The molecule has 0 aliphatic carbocycles. The number of hydrogen-bond acceptors (Lipinski definition) is 5. The van der Waals surface area contributed by atoms with E-state index in [0.717, 1.165) is 0 Å². The van der Waals surface area contributed by atoms with Crippen molar-refractivity contribution in [3.05, 3.63) is 23.4 Å². The Kier molecular flexibility index (Phi) is 2.95. The first-order chi connectivity index (χ1) is 8.10. The molecule has 0 saturated heterocycles. The van der Waals surface area contributed by atoms with Gasteiger partial charge < -0.3 is 14.7 Å². The molecule has 90 valence electrons. The third-order valence-corrected chi connectivity index (χ3v) is 2.12. The van der Waals surface area contributed by atoms with E-state index in [-0.39, 0.29) is 12.1 Å². The molecule has 0 fully saturated rings. The Bertz CT molecular complexity index is 543. The van der Waals surface area contributed by atoms with Crippen LogP contribution < -0.4 is 14.3 Å². The van der Waals surface area contributed by atoms with Crippen LogP contribution in [0.5, 0.6) is 11.8 Å². The van der Waals surface area contributed by atoms with Crippen LogP contribution in [0, 0.1) is 5.21 Å². The first-order valence-corrected chi connectivity index (χ1v) is 5.22. The van der Waals surface area contributed by atoms with E-state index in [2.05, 4.69) is 10.1 Å². The Morgan fingerprint density at radius 3 is 2.76 bits per heavy atom. The molecule has 1 aromatic heterocycles. The molecule has 0 radical (unpaired) electrons. The Morgan fingerprint density at radius 1 is 1.35 bits per heavy atom. The van der Waals surface area contributed by atoms with Gasteiger partial charge in [-0.15, -0.1) is 0 Å². The summed E-state index contributed by atoms with van der Waals surface area (Å²) in [5, 5.41) is 15.4. The SMILES string of the molecule is COc1ccc2nc(OC(C)C)n[n+]([O-])c2c1. The highest BCUT2D eigenvalue weighted by Gasteiger charge is 2.13. The molecule has 2 rings (SSSR count). The predicted molar refractivity (Wildman–Crippen MR) is 60.8 cm³/mol. The molecule has 0 atom stereocenters. The number of rotatable bonds is 3. The minimum atomic E-state index is -0.0781. The highest BCUT2D eigenvalue weighted by molar-refractivity contribution is 5.72. The third kappa shape index (κ3) is 2.35. The van der Waals surface area contributed by atoms with Gasteiger partial charge in [-0.2, -0.15) is 4.98 Å². The van der Waals surface area contributed by atoms with Gasteiger partial charge in [0.2, 0.25) is 0 Å². The second-order valence-corrected chi connectivity index (χ2v) is 3.79. The van der Waals surface area contributed by atoms with Crippen LogP contribution >= 0.6 is 0 Å². The number of nitrogens with zero attached hydrogens (tertiary/aromatic N) is 3. The van der Waals surface area contributed by atoms with E-state index >= 15 is 0 Å². The van der Waals surface area contributed by atoms with E-state index in [1.54, 1.807) is 18.2 Å². The maximum absolute atomic E-state index is 11.7. The fourth-order valence-corrected chi connectivity index (χ4v) is 1.40. The summed E-state index contributed by atoms with van der Waals surface area (Å²) in [5.74, 6) is 0.586. The molecule has 6 heteroatoms. The lowest BCUT2D eigenvalue weighted by atomic mass is 10.3. The molecule has 0 spiro atoms. The first-order valence-electron chi connectivity index (χ1n) is 5.22. The maximum atomic E-state index is 11.7. The summed E-state index contributed by atoms with van der Waals surface area (Å²) in [6, 6.07) is 5.08. The van der Waals surface area contributed by atoms with Gasteiger partial charge in [-0.25, -0.2) is 0 Å². The molecule has 0 unspecified atom stereocenters. The lowest BCUT2D eigenvalue weighted by Gasteiger charge is -2.07. The third-order valence-electron chi connectivity index (χ3n) is 2.12. The van der Waals surface area contributed by atoms with Gasteiger partial charge in [-0.05, 0) is 30.8 Å². The number of methoxy groups -OCH3 is 1. The summed E-state index contributed by atoms with van der Waals surface area (Å²) in [6.45, 7) is 3.69. The smallest absolute Gasteiger partial charge is 0.381 e. The summed E-state index contributed by atoms with van der Waals surface area (Å²) in [6.07, 6.45) is -0.0781. The number of fused-ring (bicyclic) bond motifs is 1. The standard InChI is InChI=1S/C11H13N3O3/c1-7(2)17-11-12-9-5-4-8(16-3)6-10(9)14(15)13-11/h4-7H,1-3H3. The molecule has 0 bridgehead atoms. The molecule has 0 aliphatic heterocycles. The number of ether oxygens (including phenoxy) is 2. The van der Waals surface area contributed by atoms with Crippen molar-refractivity contribution in [2.75, 3.05) is 7.11 Å². The average Bonchev–Trinajstić information content (AvgIpc) is 2.28. The van der Waals surface area contributed by atoms with E-state index in [0.29, 0.717) is 21.6 Å². The molecule has 1 aromatic carbocycles. The van der Waals surface area contributed by atoms with Gasteiger partial charge in [-0.3, -0.25) is 0 Å². The molecule has 2 aromatic rings. The maximum Gasteiger partial charge on any atom is 0.381 e. The van der Waals surface area contributed by atoms with E-state index in [9.17, 15) is 5.21 Å². The topological polar surface area (TPSA) is 71.2 Å². The Labute approximate surface area is 98.4 Å². The fraction of sp³-hybridized carbons (Fsp3) is 0.364. The molecule has 1 heterocycles. The van der Waals surface area contributed by atoms with E-state index < -0.39 is 0 Å². The predicted octanol–water partition coefficient (Wildman–Crippen LogP) is 1.06. The fourth-order valence-electron chi connectivity index (χ4n) is 1.40. The Hall–Kier alpha value is -2.11. The number of hydrogen-bond donors (Lipinski definition) is 0. The summed E-state index contributed by atoms with van der Waals surface area (Å²) < 4.78 is 10.3. The number of aromatic nitrogens is 3. The number of benzene rings is 1. The summed E-state index contributed by atoms with van der Waals surface area (Å²) in [7, 11) is 1.54. The van der Waals surface area contributed by atoms with Crippen LogP contribution in [-0.4, -0.2) is 23.3 Å². The van der Waals surface area contributed by atoms with Crippen molar-refractivity contribution < 1.29 is 14.3 Å².